The highest BCUT2D eigenvalue weighted by molar-refractivity contribution is 5.72. The standard InChI is InChI=1S/C11H13NO3/c1-2-15-11(14)5-3-4-9-6-7-10(13)12-8-9/h3-4,6-8H,2,5H2,1H3,(H,12,13). The molecule has 4 heteroatoms. The third kappa shape index (κ3) is 4.26. The maximum Gasteiger partial charge on any atom is 0.309 e. The van der Waals surface area contributed by atoms with Gasteiger partial charge in [-0.25, -0.2) is 0 Å². The van der Waals surface area contributed by atoms with Crippen LogP contribution in [0, 0.1) is 0 Å². The van der Waals surface area contributed by atoms with E-state index in [1.807, 2.05) is 0 Å². The van der Waals surface area contributed by atoms with Crippen molar-refractivity contribution in [3.05, 3.63) is 40.3 Å². The van der Waals surface area contributed by atoms with Crippen LogP contribution in [0.1, 0.15) is 18.9 Å². The molecule has 80 valence electrons. The molecule has 0 atom stereocenters. The molecule has 0 unspecified atom stereocenters. The van der Waals surface area contributed by atoms with Gasteiger partial charge in [0.05, 0.1) is 13.0 Å². The third-order valence-corrected chi connectivity index (χ3v) is 1.71. The Bertz CT molecular complexity index is 386. The first-order valence-electron chi connectivity index (χ1n) is 4.73. The molecule has 0 bridgehead atoms. The number of H-pyrrole nitrogens is 1. The monoisotopic (exact) mass is 207 g/mol. The van der Waals surface area contributed by atoms with Crippen molar-refractivity contribution in [1.82, 2.24) is 4.98 Å². The molecule has 0 aliphatic carbocycles. The van der Waals surface area contributed by atoms with Crippen LogP contribution in [0.3, 0.4) is 0 Å². The lowest BCUT2D eigenvalue weighted by molar-refractivity contribution is -0.142. The summed E-state index contributed by atoms with van der Waals surface area (Å²) in [5, 5.41) is 0. The Morgan fingerprint density at radius 3 is 2.93 bits per heavy atom. The summed E-state index contributed by atoms with van der Waals surface area (Å²) < 4.78 is 4.75. The van der Waals surface area contributed by atoms with Crippen molar-refractivity contribution >= 4 is 12.0 Å². The molecule has 0 fully saturated rings. The Balaban J connectivity index is 2.48. The number of hydrogen-bond donors (Lipinski definition) is 1. The maximum absolute atomic E-state index is 11.0. The van der Waals surface area contributed by atoms with Gasteiger partial charge in [0.1, 0.15) is 0 Å². The molecule has 1 aromatic heterocycles. The van der Waals surface area contributed by atoms with E-state index in [-0.39, 0.29) is 17.9 Å². The summed E-state index contributed by atoms with van der Waals surface area (Å²) in [6.07, 6.45) is 5.29. The van der Waals surface area contributed by atoms with Gasteiger partial charge in [-0.3, -0.25) is 9.59 Å². The summed E-state index contributed by atoms with van der Waals surface area (Å²) >= 11 is 0. The predicted octanol–water partition coefficient (Wildman–Crippen LogP) is 1.34. The Labute approximate surface area is 87.6 Å². The van der Waals surface area contributed by atoms with Gasteiger partial charge in [0, 0.05) is 12.3 Å². The van der Waals surface area contributed by atoms with Crippen LogP contribution in [0.2, 0.25) is 0 Å². The number of aromatic amines is 1. The smallest absolute Gasteiger partial charge is 0.309 e. The van der Waals surface area contributed by atoms with Crippen molar-refractivity contribution in [3.8, 4) is 0 Å². The van der Waals surface area contributed by atoms with Crippen molar-refractivity contribution in [1.29, 1.82) is 0 Å². The van der Waals surface area contributed by atoms with E-state index < -0.39 is 0 Å². The topological polar surface area (TPSA) is 59.2 Å². The summed E-state index contributed by atoms with van der Waals surface area (Å²) in [6, 6.07) is 3.12. The average molecular weight is 207 g/mol. The molecule has 0 saturated heterocycles. The van der Waals surface area contributed by atoms with E-state index in [0.29, 0.717) is 6.61 Å². The van der Waals surface area contributed by atoms with Gasteiger partial charge >= 0.3 is 5.97 Å². The summed E-state index contributed by atoms with van der Waals surface area (Å²) in [5.74, 6) is -0.252. The van der Waals surface area contributed by atoms with E-state index in [2.05, 4.69) is 4.98 Å². The fraction of sp³-hybridized carbons (Fsp3) is 0.273. The van der Waals surface area contributed by atoms with E-state index in [9.17, 15) is 9.59 Å². The molecule has 1 rings (SSSR count). The first-order valence-corrected chi connectivity index (χ1v) is 4.73. The molecule has 15 heavy (non-hydrogen) atoms. The Morgan fingerprint density at radius 1 is 1.53 bits per heavy atom. The highest BCUT2D eigenvalue weighted by Crippen LogP contribution is 1.98. The van der Waals surface area contributed by atoms with Crippen molar-refractivity contribution < 1.29 is 9.53 Å². The minimum absolute atomic E-state index is 0.141. The molecular formula is C11H13NO3. The second-order valence-corrected chi connectivity index (χ2v) is 2.90. The SMILES string of the molecule is CCOC(=O)CC=Cc1ccc(=O)[nH]c1. The zero-order chi connectivity index (χ0) is 11.1. The normalized spacial score (nSPS) is 10.5. The van der Waals surface area contributed by atoms with Crippen molar-refractivity contribution in [2.45, 2.75) is 13.3 Å². The lowest BCUT2D eigenvalue weighted by Gasteiger charge is -1.96. The maximum atomic E-state index is 11.0. The molecule has 0 radical (unpaired) electrons. The number of rotatable bonds is 4. The van der Waals surface area contributed by atoms with Crippen LogP contribution in [0.5, 0.6) is 0 Å². The van der Waals surface area contributed by atoms with Crippen LogP contribution in [-0.2, 0) is 9.53 Å². The second kappa shape index (κ2) is 5.80. The summed E-state index contributed by atoms with van der Waals surface area (Å²) in [7, 11) is 0. The number of aromatic nitrogens is 1. The molecule has 0 aliphatic rings. The van der Waals surface area contributed by atoms with Crippen molar-refractivity contribution in [3.63, 3.8) is 0 Å². The number of hydrogen-bond acceptors (Lipinski definition) is 3. The summed E-state index contributed by atoms with van der Waals surface area (Å²) in [4.78, 5) is 24.2. The third-order valence-electron chi connectivity index (χ3n) is 1.71. The van der Waals surface area contributed by atoms with Gasteiger partial charge in [-0.15, -0.1) is 0 Å². The number of nitrogens with one attached hydrogen (secondary N) is 1. The van der Waals surface area contributed by atoms with Gasteiger partial charge in [-0.2, -0.15) is 0 Å². The van der Waals surface area contributed by atoms with Gasteiger partial charge in [0.2, 0.25) is 5.56 Å². The quantitative estimate of drug-likeness (QED) is 0.758. The zero-order valence-electron chi connectivity index (χ0n) is 8.53. The Kier molecular flexibility index (Phi) is 4.34. The molecule has 4 nitrogen and oxygen atoms in total. The second-order valence-electron chi connectivity index (χ2n) is 2.90. The zero-order valence-corrected chi connectivity index (χ0v) is 8.53. The van der Waals surface area contributed by atoms with E-state index in [4.69, 9.17) is 4.74 Å². The minimum atomic E-state index is -0.252. The van der Waals surface area contributed by atoms with E-state index in [1.54, 1.807) is 31.3 Å². The lowest BCUT2D eigenvalue weighted by atomic mass is 10.2. The largest absolute Gasteiger partial charge is 0.466 e. The fourth-order valence-corrected chi connectivity index (χ4v) is 1.04. The molecule has 0 saturated carbocycles. The molecule has 0 amide bonds. The molecule has 1 heterocycles. The van der Waals surface area contributed by atoms with Crippen LogP contribution in [0.25, 0.3) is 6.08 Å². The molecule has 1 N–H and O–H groups in total. The average Bonchev–Trinajstić information content (AvgIpc) is 2.21. The number of pyridine rings is 1. The van der Waals surface area contributed by atoms with Crippen molar-refractivity contribution in [2.75, 3.05) is 6.61 Å². The number of carbonyl (C=O) groups excluding carboxylic acids is 1. The molecule has 1 aromatic rings. The molecule has 0 aromatic carbocycles. The van der Waals surface area contributed by atoms with Gasteiger partial charge in [0.15, 0.2) is 0 Å². The summed E-state index contributed by atoms with van der Waals surface area (Å²) in [5.41, 5.74) is 0.705. The van der Waals surface area contributed by atoms with Gasteiger partial charge in [-0.1, -0.05) is 12.2 Å². The molecule has 0 aliphatic heterocycles. The van der Waals surface area contributed by atoms with Crippen LogP contribution < -0.4 is 5.56 Å². The number of ether oxygens (including phenoxy) is 1. The van der Waals surface area contributed by atoms with Crippen LogP contribution in [0.15, 0.2) is 29.2 Å². The number of carbonyl (C=O) groups is 1. The molecule has 0 spiro atoms. The number of esters is 1. The highest BCUT2D eigenvalue weighted by Gasteiger charge is 1.95. The minimum Gasteiger partial charge on any atom is -0.466 e. The van der Waals surface area contributed by atoms with Crippen molar-refractivity contribution in [2.24, 2.45) is 0 Å². The van der Waals surface area contributed by atoms with Crippen LogP contribution >= 0.6 is 0 Å². The highest BCUT2D eigenvalue weighted by atomic mass is 16.5. The Hall–Kier alpha value is -1.84. The fourth-order valence-electron chi connectivity index (χ4n) is 1.04. The first-order chi connectivity index (χ1) is 7.22. The predicted molar refractivity (Wildman–Crippen MR) is 57.3 cm³/mol. The van der Waals surface area contributed by atoms with Crippen LogP contribution in [-0.4, -0.2) is 17.6 Å². The van der Waals surface area contributed by atoms with Gasteiger partial charge in [0.25, 0.3) is 0 Å². The lowest BCUT2D eigenvalue weighted by Crippen LogP contribution is -2.02. The van der Waals surface area contributed by atoms with E-state index in [0.717, 1.165) is 5.56 Å². The van der Waals surface area contributed by atoms with Crippen LogP contribution in [0.4, 0.5) is 0 Å². The van der Waals surface area contributed by atoms with Gasteiger partial charge < -0.3 is 9.72 Å². The van der Waals surface area contributed by atoms with E-state index >= 15 is 0 Å². The molecular weight excluding hydrogens is 194 g/mol. The van der Waals surface area contributed by atoms with E-state index in [1.165, 1.54) is 6.07 Å². The summed E-state index contributed by atoms with van der Waals surface area (Å²) in [6.45, 7) is 2.16. The first kappa shape index (κ1) is 11.2. The Morgan fingerprint density at radius 2 is 2.33 bits per heavy atom. The van der Waals surface area contributed by atoms with Gasteiger partial charge in [-0.05, 0) is 18.6 Å².